The van der Waals surface area contributed by atoms with Gasteiger partial charge in [-0.25, -0.2) is 9.37 Å². The molecule has 0 aliphatic rings. The van der Waals surface area contributed by atoms with Crippen LogP contribution in [0.5, 0.6) is 0 Å². The van der Waals surface area contributed by atoms with Crippen molar-refractivity contribution in [2.45, 2.75) is 45.4 Å². The van der Waals surface area contributed by atoms with E-state index < -0.39 is 21.9 Å². The molecule has 154 valence electrons. The molecule has 0 aliphatic carbocycles. The molecule has 0 fully saturated rings. The number of hydrogen-bond donors (Lipinski definition) is 1. The van der Waals surface area contributed by atoms with E-state index >= 15 is 0 Å². The Hall–Kier alpha value is -2.22. The largest absolute Gasteiger partial charge is 0.598 e. The van der Waals surface area contributed by atoms with Gasteiger partial charge in [0.05, 0.1) is 16.9 Å². The summed E-state index contributed by atoms with van der Waals surface area (Å²) in [6.07, 6.45) is 0. The van der Waals surface area contributed by atoms with Crippen LogP contribution in [0.2, 0.25) is 0 Å². The Labute approximate surface area is 173 Å². The Kier molecular flexibility index (Phi) is 5.85. The van der Waals surface area contributed by atoms with Crippen LogP contribution in [0.1, 0.15) is 44.9 Å². The molecule has 1 aromatic heterocycles. The average molecular weight is 416 g/mol. The van der Waals surface area contributed by atoms with Gasteiger partial charge in [0.25, 0.3) is 5.56 Å². The van der Waals surface area contributed by atoms with Crippen molar-refractivity contribution >= 4 is 22.3 Å². The van der Waals surface area contributed by atoms with E-state index in [2.05, 4.69) is 4.72 Å². The van der Waals surface area contributed by atoms with Crippen LogP contribution in [0.3, 0.4) is 0 Å². The fraction of sp³-hybridized carbons (Fsp3) is 0.364. The van der Waals surface area contributed by atoms with Crippen molar-refractivity contribution in [1.82, 2.24) is 14.3 Å². The van der Waals surface area contributed by atoms with Crippen LogP contribution < -0.4 is 10.3 Å². The summed E-state index contributed by atoms with van der Waals surface area (Å²) in [6.45, 7) is 9.50. The Bertz CT molecular complexity index is 1120. The van der Waals surface area contributed by atoms with Crippen molar-refractivity contribution in [2.75, 3.05) is 0 Å². The van der Waals surface area contributed by atoms with Crippen molar-refractivity contribution in [3.8, 4) is 11.4 Å². The van der Waals surface area contributed by atoms with Gasteiger partial charge in [0.2, 0.25) is 0 Å². The van der Waals surface area contributed by atoms with E-state index in [9.17, 15) is 13.7 Å². The van der Waals surface area contributed by atoms with Gasteiger partial charge in [-0.15, -0.1) is 4.72 Å². The number of benzene rings is 2. The number of aryl methyl sites for hydroxylation is 1. The third kappa shape index (κ3) is 4.37. The highest BCUT2D eigenvalue weighted by Crippen LogP contribution is 2.27. The minimum atomic E-state index is -1.28. The number of hydrogen-bond acceptors (Lipinski definition) is 4. The smallest absolute Gasteiger partial charge is 0.261 e. The van der Waals surface area contributed by atoms with Gasteiger partial charge >= 0.3 is 0 Å². The van der Waals surface area contributed by atoms with Gasteiger partial charge in [-0.1, -0.05) is 18.2 Å². The van der Waals surface area contributed by atoms with Crippen molar-refractivity contribution in [3.63, 3.8) is 0 Å². The Morgan fingerprint density at radius 3 is 2.55 bits per heavy atom. The third-order valence-electron chi connectivity index (χ3n) is 4.74. The van der Waals surface area contributed by atoms with Crippen molar-refractivity contribution in [3.05, 3.63) is 63.7 Å². The molecule has 0 spiro atoms. The lowest BCUT2D eigenvalue weighted by molar-refractivity contribution is 0.531. The standard InChI is InChI=1S/C22H26FN3O2S/c1-13-10-17(14(2)25-29(28)22(3,4)5)19-18(11-13)21(27)26(6)20(24-19)15-8-7-9-16(23)12-15/h7-12,14,25H,1-6H3/t14-,29?/m1/s1. The topological polar surface area (TPSA) is 70.0 Å². The summed E-state index contributed by atoms with van der Waals surface area (Å²) in [7, 11) is 1.63. The second kappa shape index (κ2) is 7.89. The quantitative estimate of drug-likeness (QED) is 0.650. The first-order valence-electron chi connectivity index (χ1n) is 9.44. The molecular weight excluding hydrogens is 389 g/mol. The van der Waals surface area contributed by atoms with Crippen LogP contribution in [0.15, 0.2) is 41.2 Å². The van der Waals surface area contributed by atoms with Gasteiger partial charge in [0, 0.05) is 29.5 Å². The highest BCUT2D eigenvalue weighted by molar-refractivity contribution is 7.90. The number of rotatable bonds is 4. The molecule has 1 unspecified atom stereocenters. The molecule has 1 heterocycles. The summed E-state index contributed by atoms with van der Waals surface area (Å²) in [4.78, 5) is 17.8. The lowest BCUT2D eigenvalue weighted by atomic mass is 10.0. The summed E-state index contributed by atoms with van der Waals surface area (Å²) >= 11 is -1.28. The molecule has 7 heteroatoms. The Morgan fingerprint density at radius 2 is 1.93 bits per heavy atom. The average Bonchev–Trinajstić information content (AvgIpc) is 2.63. The van der Waals surface area contributed by atoms with Crippen LogP contribution in [0.25, 0.3) is 22.3 Å². The molecule has 0 radical (unpaired) electrons. The highest BCUT2D eigenvalue weighted by Gasteiger charge is 2.29. The lowest BCUT2D eigenvalue weighted by Crippen LogP contribution is -2.40. The van der Waals surface area contributed by atoms with Gasteiger partial charge in [-0.2, -0.15) is 0 Å². The van der Waals surface area contributed by atoms with E-state index in [1.807, 2.05) is 40.7 Å². The second-order valence-electron chi connectivity index (χ2n) is 8.28. The first kappa shape index (κ1) is 21.5. The molecule has 1 N–H and O–H groups in total. The minimum Gasteiger partial charge on any atom is -0.598 e. The Morgan fingerprint density at radius 1 is 1.24 bits per heavy atom. The second-order valence-corrected chi connectivity index (χ2v) is 10.3. The van der Waals surface area contributed by atoms with Crippen molar-refractivity contribution in [2.24, 2.45) is 7.05 Å². The monoisotopic (exact) mass is 415 g/mol. The molecule has 5 nitrogen and oxygen atoms in total. The van der Waals surface area contributed by atoms with Gasteiger partial charge < -0.3 is 4.55 Å². The van der Waals surface area contributed by atoms with Crippen molar-refractivity contribution < 1.29 is 8.94 Å². The van der Waals surface area contributed by atoms with Gasteiger partial charge in [-0.3, -0.25) is 9.36 Å². The van der Waals surface area contributed by atoms with E-state index in [4.69, 9.17) is 4.98 Å². The number of aromatic nitrogens is 2. The molecule has 0 saturated carbocycles. The predicted molar refractivity (Wildman–Crippen MR) is 117 cm³/mol. The summed E-state index contributed by atoms with van der Waals surface area (Å²) in [6, 6.07) is 9.48. The maximum atomic E-state index is 13.8. The predicted octanol–water partition coefficient (Wildman–Crippen LogP) is 4.16. The van der Waals surface area contributed by atoms with Gasteiger partial charge in [0.15, 0.2) is 0 Å². The number of nitrogens with one attached hydrogen (secondary N) is 1. The van der Waals surface area contributed by atoms with E-state index in [1.54, 1.807) is 25.2 Å². The van der Waals surface area contributed by atoms with E-state index in [1.165, 1.54) is 16.7 Å². The molecule has 3 rings (SSSR count). The van der Waals surface area contributed by atoms with Crippen LogP contribution in [-0.4, -0.2) is 18.9 Å². The van der Waals surface area contributed by atoms with Crippen LogP contribution in [-0.2, 0) is 18.4 Å². The molecule has 0 amide bonds. The summed E-state index contributed by atoms with van der Waals surface area (Å²) < 4.78 is 30.5. The molecule has 0 bridgehead atoms. The zero-order valence-electron chi connectivity index (χ0n) is 17.5. The molecule has 0 aliphatic heterocycles. The fourth-order valence-corrected chi connectivity index (χ4v) is 3.97. The van der Waals surface area contributed by atoms with Gasteiger partial charge in [-0.05, 0) is 58.4 Å². The molecular formula is C22H26FN3O2S. The fourth-order valence-electron chi connectivity index (χ4n) is 3.17. The van der Waals surface area contributed by atoms with Crippen LogP contribution in [0, 0.1) is 12.7 Å². The normalized spacial score (nSPS) is 14.2. The van der Waals surface area contributed by atoms with E-state index in [0.29, 0.717) is 22.3 Å². The zero-order chi connectivity index (χ0) is 21.5. The lowest BCUT2D eigenvalue weighted by Gasteiger charge is -2.27. The SMILES string of the molecule is Cc1cc([C@@H](C)N[S+]([O-])C(C)(C)C)c2nc(-c3cccc(F)c3)n(C)c(=O)c2c1. The summed E-state index contributed by atoms with van der Waals surface area (Å²) in [5, 5.41) is 0.484. The first-order chi connectivity index (χ1) is 13.5. The number of fused-ring (bicyclic) bond motifs is 1. The highest BCUT2D eigenvalue weighted by atomic mass is 32.2. The molecule has 3 aromatic rings. The molecule has 2 atom stereocenters. The Balaban J connectivity index is 2.22. The van der Waals surface area contributed by atoms with E-state index in [-0.39, 0.29) is 11.6 Å². The first-order valence-corrected chi connectivity index (χ1v) is 10.6. The maximum Gasteiger partial charge on any atom is 0.261 e. The van der Waals surface area contributed by atoms with Crippen LogP contribution >= 0.6 is 0 Å². The number of nitrogens with zero attached hydrogens (tertiary/aromatic N) is 2. The van der Waals surface area contributed by atoms with Crippen molar-refractivity contribution in [1.29, 1.82) is 0 Å². The minimum absolute atomic E-state index is 0.205. The van der Waals surface area contributed by atoms with Crippen LogP contribution in [0.4, 0.5) is 4.39 Å². The zero-order valence-corrected chi connectivity index (χ0v) is 18.4. The van der Waals surface area contributed by atoms with Gasteiger partial charge in [0.1, 0.15) is 16.4 Å². The molecule has 2 aromatic carbocycles. The van der Waals surface area contributed by atoms with E-state index in [0.717, 1.165) is 11.1 Å². The molecule has 29 heavy (non-hydrogen) atoms. The third-order valence-corrected chi connectivity index (χ3v) is 6.42. The number of halogens is 1. The maximum absolute atomic E-state index is 13.8. The molecule has 0 saturated heterocycles. The summed E-state index contributed by atoms with van der Waals surface area (Å²) in [5.41, 5.74) is 2.55. The summed E-state index contributed by atoms with van der Waals surface area (Å²) in [5.74, 6) is -0.00664.